The number of ether oxygens (including phenoxy) is 2. The van der Waals surface area contributed by atoms with E-state index >= 15 is 0 Å². The molecule has 0 bridgehead atoms. The molecule has 0 aliphatic heterocycles. The first-order valence-electron chi connectivity index (χ1n) is 18.6. The molecule has 0 saturated heterocycles. The van der Waals surface area contributed by atoms with E-state index < -0.39 is 0 Å². The minimum atomic E-state index is -0.356. The van der Waals surface area contributed by atoms with Gasteiger partial charge in [0.1, 0.15) is 11.5 Å². The lowest BCUT2D eigenvalue weighted by Gasteiger charge is -2.16. The highest BCUT2D eigenvalue weighted by atomic mass is 16.5. The van der Waals surface area contributed by atoms with Crippen LogP contribution < -0.4 is 42.2 Å². The molecule has 4 amide bonds. The van der Waals surface area contributed by atoms with Crippen LogP contribution in [0.2, 0.25) is 0 Å². The maximum absolute atomic E-state index is 13.3. The molecule has 0 fully saturated rings. The fourth-order valence-corrected chi connectivity index (χ4v) is 5.54. The second-order valence-corrected chi connectivity index (χ2v) is 13.8. The van der Waals surface area contributed by atoms with Gasteiger partial charge in [-0.1, -0.05) is 12.1 Å². The van der Waals surface area contributed by atoms with Crippen molar-refractivity contribution in [3.05, 3.63) is 107 Å². The molecule has 4 aromatic carbocycles. The van der Waals surface area contributed by atoms with E-state index in [-0.39, 0.29) is 36.8 Å². The summed E-state index contributed by atoms with van der Waals surface area (Å²) in [5.74, 6) is -0.593. The Morgan fingerprint density at radius 2 is 0.946 bits per heavy atom. The van der Waals surface area contributed by atoms with E-state index in [0.717, 1.165) is 25.9 Å². The van der Waals surface area contributed by atoms with Gasteiger partial charge < -0.3 is 52.0 Å². The number of rotatable bonds is 21. The van der Waals surface area contributed by atoms with Gasteiger partial charge in [0.15, 0.2) is 0 Å². The molecule has 298 valence electrons. The van der Waals surface area contributed by atoms with Gasteiger partial charge in [0.25, 0.3) is 23.6 Å². The molecule has 8 N–H and O–H groups in total. The molecule has 4 rings (SSSR count). The first kappa shape index (κ1) is 42.6. The van der Waals surface area contributed by atoms with Gasteiger partial charge in [-0.2, -0.15) is 0 Å². The Hall–Kier alpha value is -6.12. The van der Waals surface area contributed by atoms with Crippen molar-refractivity contribution in [1.29, 1.82) is 0 Å². The summed E-state index contributed by atoms with van der Waals surface area (Å²) in [6.45, 7) is 3.14. The number of anilines is 4. The number of unbranched alkanes of at least 4 members (excludes halogenated alkanes) is 1. The normalized spacial score (nSPS) is 10.9. The van der Waals surface area contributed by atoms with Crippen LogP contribution in [0.15, 0.2) is 84.9 Å². The second-order valence-electron chi connectivity index (χ2n) is 13.8. The number of nitrogens with zero attached hydrogens (tertiary/aromatic N) is 2. The van der Waals surface area contributed by atoms with E-state index in [1.807, 2.05) is 38.0 Å². The van der Waals surface area contributed by atoms with Crippen molar-refractivity contribution in [3.8, 4) is 11.5 Å². The van der Waals surface area contributed by atoms with Gasteiger partial charge in [0, 0.05) is 47.0 Å². The second kappa shape index (κ2) is 21.7. The van der Waals surface area contributed by atoms with Crippen molar-refractivity contribution >= 4 is 46.4 Å². The Bertz CT molecular complexity index is 1810. The minimum Gasteiger partial charge on any atom is -0.493 e. The molecule has 4 aromatic rings. The molecule has 0 saturated carbocycles. The predicted molar refractivity (Wildman–Crippen MR) is 222 cm³/mol. The standard InChI is InChI=1S/C42H54N8O6/c1-49(2)21-9-19-45-41(53)35-27-33(47-39(51)29-11-7-13-31(43)25-29)15-17-37(35)55-23-5-6-24-56-38-18-16-34(48-40(52)30-12-8-14-32(44)26-30)28-36(38)42(54)46-20-10-22-50(3)4/h7-8,11-18,25-28H,5-6,9-10,19-24,43-44H2,1-4H3,(H,45,53)(H,46,54)(H,47,51)(H,48,52). The number of nitrogen functional groups attached to an aromatic ring is 2. The summed E-state index contributed by atoms with van der Waals surface area (Å²) in [6.07, 6.45) is 2.69. The molecule has 0 aliphatic rings. The lowest BCUT2D eigenvalue weighted by atomic mass is 10.1. The fourth-order valence-electron chi connectivity index (χ4n) is 5.54. The third-order valence-corrected chi connectivity index (χ3v) is 8.45. The van der Waals surface area contributed by atoms with Gasteiger partial charge in [-0.25, -0.2) is 0 Å². The average molecular weight is 767 g/mol. The van der Waals surface area contributed by atoms with E-state index in [4.69, 9.17) is 20.9 Å². The van der Waals surface area contributed by atoms with Crippen LogP contribution in [0.3, 0.4) is 0 Å². The Morgan fingerprint density at radius 3 is 1.32 bits per heavy atom. The number of hydrogen-bond donors (Lipinski definition) is 6. The zero-order chi connectivity index (χ0) is 40.5. The third-order valence-electron chi connectivity index (χ3n) is 8.45. The van der Waals surface area contributed by atoms with Crippen molar-refractivity contribution in [2.45, 2.75) is 25.7 Å². The minimum absolute atomic E-state index is 0.285. The molecule has 0 aromatic heterocycles. The molecule has 0 atom stereocenters. The Morgan fingerprint density at radius 1 is 0.536 bits per heavy atom. The highest BCUT2D eigenvalue weighted by Crippen LogP contribution is 2.26. The first-order valence-corrected chi connectivity index (χ1v) is 18.6. The molecular weight excluding hydrogens is 713 g/mol. The summed E-state index contributed by atoms with van der Waals surface area (Å²) in [4.78, 5) is 56.5. The summed E-state index contributed by atoms with van der Waals surface area (Å²) in [7, 11) is 7.88. The van der Waals surface area contributed by atoms with Gasteiger partial charge in [0.05, 0.1) is 24.3 Å². The van der Waals surface area contributed by atoms with E-state index in [9.17, 15) is 19.2 Å². The van der Waals surface area contributed by atoms with E-state index in [1.54, 1.807) is 84.9 Å². The van der Waals surface area contributed by atoms with Gasteiger partial charge in [-0.05, 0) is 140 Å². The molecule has 0 unspecified atom stereocenters. The molecule has 0 spiro atoms. The molecule has 14 heteroatoms. The molecule has 0 radical (unpaired) electrons. The van der Waals surface area contributed by atoms with Crippen molar-refractivity contribution in [2.24, 2.45) is 0 Å². The summed E-state index contributed by atoms with van der Waals surface area (Å²) >= 11 is 0. The Balaban J connectivity index is 1.38. The van der Waals surface area contributed by atoms with Crippen LogP contribution in [0.5, 0.6) is 11.5 Å². The fraction of sp³-hybridized carbons (Fsp3) is 0.333. The van der Waals surface area contributed by atoms with Crippen LogP contribution in [0.25, 0.3) is 0 Å². The van der Waals surface area contributed by atoms with Gasteiger partial charge >= 0.3 is 0 Å². The Labute approximate surface area is 328 Å². The average Bonchev–Trinajstić information content (AvgIpc) is 3.16. The lowest BCUT2D eigenvalue weighted by molar-refractivity contribution is 0.0938. The largest absolute Gasteiger partial charge is 0.493 e. The molecule has 14 nitrogen and oxygen atoms in total. The van der Waals surface area contributed by atoms with Gasteiger partial charge in [-0.15, -0.1) is 0 Å². The number of carbonyl (C=O) groups is 4. The smallest absolute Gasteiger partial charge is 0.255 e. The van der Waals surface area contributed by atoms with Gasteiger partial charge in [0.2, 0.25) is 0 Å². The number of nitrogens with one attached hydrogen (secondary N) is 4. The molecule has 0 aliphatic carbocycles. The number of nitrogens with two attached hydrogens (primary N) is 2. The summed E-state index contributed by atoms with van der Waals surface area (Å²) in [5, 5.41) is 11.6. The van der Waals surface area contributed by atoms with Gasteiger partial charge in [-0.3, -0.25) is 19.2 Å². The summed E-state index contributed by atoms with van der Waals surface area (Å²) in [6, 6.07) is 23.2. The van der Waals surface area contributed by atoms with Crippen molar-refractivity contribution in [2.75, 3.05) is 89.7 Å². The number of carbonyl (C=O) groups excluding carboxylic acids is 4. The van der Waals surface area contributed by atoms with Crippen LogP contribution in [-0.4, -0.2) is 101 Å². The van der Waals surface area contributed by atoms with Crippen LogP contribution in [0, 0.1) is 0 Å². The van der Waals surface area contributed by atoms with E-state index in [2.05, 4.69) is 21.3 Å². The maximum Gasteiger partial charge on any atom is 0.255 e. The molecule has 0 heterocycles. The molecular formula is C42H54N8O6. The number of amides is 4. The van der Waals surface area contributed by atoms with Crippen molar-refractivity contribution in [1.82, 2.24) is 20.4 Å². The van der Waals surface area contributed by atoms with E-state index in [1.165, 1.54) is 0 Å². The highest BCUT2D eigenvalue weighted by molar-refractivity contribution is 6.07. The van der Waals surface area contributed by atoms with Crippen molar-refractivity contribution < 1.29 is 28.7 Å². The zero-order valence-corrected chi connectivity index (χ0v) is 32.7. The molecule has 56 heavy (non-hydrogen) atoms. The quantitative estimate of drug-likeness (QED) is 0.0499. The SMILES string of the molecule is CN(C)CCCNC(=O)c1cc(NC(=O)c2cccc(N)c2)ccc1OCCCCOc1ccc(NC(=O)c2cccc(N)c2)cc1C(=O)NCCCN(C)C. The maximum atomic E-state index is 13.3. The first-order chi connectivity index (χ1) is 26.9. The number of hydrogen-bond acceptors (Lipinski definition) is 10. The van der Waals surface area contributed by atoms with Crippen molar-refractivity contribution in [3.63, 3.8) is 0 Å². The third kappa shape index (κ3) is 13.9. The van der Waals surface area contributed by atoms with Crippen LogP contribution in [0.1, 0.15) is 67.1 Å². The number of benzene rings is 4. The summed E-state index contributed by atoms with van der Waals surface area (Å²) in [5.41, 5.74) is 14.9. The topological polar surface area (TPSA) is 193 Å². The monoisotopic (exact) mass is 766 g/mol. The lowest BCUT2D eigenvalue weighted by Crippen LogP contribution is -2.28. The Kier molecular flexibility index (Phi) is 16.5. The van der Waals surface area contributed by atoms with E-state index in [0.29, 0.717) is 82.4 Å². The summed E-state index contributed by atoms with van der Waals surface area (Å²) < 4.78 is 12.2. The predicted octanol–water partition coefficient (Wildman–Crippen LogP) is 4.96. The van der Waals surface area contributed by atoms with Crippen LogP contribution in [-0.2, 0) is 0 Å². The van der Waals surface area contributed by atoms with Crippen LogP contribution in [0.4, 0.5) is 22.7 Å². The highest BCUT2D eigenvalue weighted by Gasteiger charge is 2.18. The van der Waals surface area contributed by atoms with Crippen LogP contribution >= 0.6 is 0 Å². The zero-order valence-electron chi connectivity index (χ0n) is 32.7.